The van der Waals surface area contributed by atoms with Crippen LogP contribution in [-0.4, -0.2) is 15.5 Å². The molecule has 1 heterocycles. The third-order valence-electron chi connectivity index (χ3n) is 5.05. The molecule has 0 spiro atoms. The largest absolute Gasteiger partial charge is 0.346 e. The van der Waals surface area contributed by atoms with E-state index < -0.39 is 0 Å². The molecule has 4 aromatic rings. The number of carbonyl (C=O) groups is 1. The topological polar surface area (TPSA) is 64.0 Å². The minimum absolute atomic E-state index is 0.0992. The summed E-state index contributed by atoms with van der Waals surface area (Å²) in [6.45, 7) is 1.95. The van der Waals surface area contributed by atoms with E-state index in [1.165, 1.54) is 0 Å². The minimum atomic E-state index is -0.168. The Morgan fingerprint density at radius 1 is 0.931 bits per heavy atom. The third-order valence-corrected chi connectivity index (χ3v) is 5.05. The van der Waals surface area contributed by atoms with E-state index >= 15 is 0 Å². The zero-order valence-electron chi connectivity index (χ0n) is 16.3. The molecule has 0 radical (unpaired) electrons. The zero-order chi connectivity index (χ0) is 20.4. The number of fused-ring (bicyclic) bond motifs is 1. The van der Waals surface area contributed by atoms with E-state index in [2.05, 4.69) is 10.3 Å². The number of aromatic nitrogens is 2. The van der Waals surface area contributed by atoms with Crippen LogP contribution < -0.4 is 10.9 Å². The SMILES string of the molecule is C[C@H](NC(=O)c1ccc(-c2nc3ccccc3n(C)c2=O)cc1)c1ccccc1. The van der Waals surface area contributed by atoms with Crippen LogP contribution in [-0.2, 0) is 7.05 Å². The van der Waals surface area contributed by atoms with Gasteiger partial charge in [0.2, 0.25) is 0 Å². The van der Waals surface area contributed by atoms with Gasteiger partial charge in [0, 0.05) is 18.2 Å². The van der Waals surface area contributed by atoms with Gasteiger partial charge in [0.15, 0.2) is 0 Å². The second-order valence-electron chi connectivity index (χ2n) is 7.00. The van der Waals surface area contributed by atoms with Gasteiger partial charge in [0.05, 0.1) is 17.1 Å². The number of hydrogen-bond acceptors (Lipinski definition) is 3. The predicted molar refractivity (Wildman–Crippen MR) is 115 cm³/mol. The molecule has 1 N–H and O–H groups in total. The van der Waals surface area contributed by atoms with Crippen molar-refractivity contribution in [1.29, 1.82) is 0 Å². The molecule has 0 aliphatic heterocycles. The number of aryl methyl sites for hydroxylation is 1. The van der Waals surface area contributed by atoms with Crippen LogP contribution in [0.3, 0.4) is 0 Å². The summed E-state index contributed by atoms with van der Waals surface area (Å²) in [7, 11) is 1.74. The molecule has 0 saturated carbocycles. The van der Waals surface area contributed by atoms with Gasteiger partial charge >= 0.3 is 0 Å². The quantitative estimate of drug-likeness (QED) is 0.577. The molecule has 1 aromatic heterocycles. The summed E-state index contributed by atoms with van der Waals surface area (Å²) in [5.41, 5.74) is 4.00. The Bertz CT molecular complexity index is 1230. The van der Waals surface area contributed by atoms with Gasteiger partial charge in [-0.25, -0.2) is 4.98 Å². The first-order chi connectivity index (χ1) is 14.0. The second-order valence-corrected chi connectivity index (χ2v) is 7.00. The highest BCUT2D eigenvalue weighted by Gasteiger charge is 2.14. The van der Waals surface area contributed by atoms with Crippen LogP contribution in [0.1, 0.15) is 28.9 Å². The molecule has 0 fully saturated rings. The maximum Gasteiger partial charge on any atom is 0.277 e. The van der Waals surface area contributed by atoms with E-state index in [0.29, 0.717) is 16.8 Å². The van der Waals surface area contributed by atoms with E-state index in [9.17, 15) is 9.59 Å². The van der Waals surface area contributed by atoms with Gasteiger partial charge in [-0.1, -0.05) is 54.6 Å². The molecule has 144 valence electrons. The zero-order valence-corrected chi connectivity index (χ0v) is 16.3. The van der Waals surface area contributed by atoms with Crippen molar-refractivity contribution in [1.82, 2.24) is 14.9 Å². The lowest BCUT2D eigenvalue weighted by Crippen LogP contribution is -2.26. The highest BCUT2D eigenvalue weighted by Crippen LogP contribution is 2.19. The molecule has 29 heavy (non-hydrogen) atoms. The highest BCUT2D eigenvalue weighted by molar-refractivity contribution is 5.95. The molecule has 0 aliphatic rings. The molecule has 5 heteroatoms. The Balaban J connectivity index is 1.60. The average molecular weight is 383 g/mol. The van der Waals surface area contributed by atoms with E-state index in [-0.39, 0.29) is 17.5 Å². The standard InChI is InChI=1S/C24H21N3O2/c1-16(17-8-4-3-5-9-17)25-23(28)19-14-12-18(13-15-19)22-24(29)27(2)21-11-7-6-10-20(21)26-22/h3-16H,1-2H3,(H,25,28)/t16-/m0/s1. The molecule has 0 saturated heterocycles. The lowest BCUT2D eigenvalue weighted by molar-refractivity contribution is 0.0940. The number of nitrogens with one attached hydrogen (secondary N) is 1. The molecule has 1 atom stereocenters. The van der Waals surface area contributed by atoms with E-state index in [1.807, 2.05) is 61.5 Å². The number of para-hydroxylation sites is 2. The first-order valence-electron chi connectivity index (χ1n) is 9.46. The summed E-state index contributed by atoms with van der Waals surface area (Å²) in [5, 5.41) is 3.00. The molecule has 5 nitrogen and oxygen atoms in total. The smallest absolute Gasteiger partial charge is 0.277 e. The van der Waals surface area contributed by atoms with E-state index in [1.54, 1.807) is 35.9 Å². The number of benzene rings is 3. The Labute approximate surface area is 168 Å². The molecule has 0 unspecified atom stereocenters. The van der Waals surface area contributed by atoms with Gasteiger partial charge in [0.25, 0.3) is 11.5 Å². The second kappa shape index (κ2) is 7.72. The fourth-order valence-electron chi connectivity index (χ4n) is 3.35. The summed E-state index contributed by atoms with van der Waals surface area (Å²) >= 11 is 0. The summed E-state index contributed by atoms with van der Waals surface area (Å²) in [4.78, 5) is 29.8. The lowest BCUT2D eigenvalue weighted by Gasteiger charge is -2.14. The fraction of sp³-hybridized carbons (Fsp3) is 0.125. The van der Waals surface area contributed by atoms with Crippen molar-refractivity contribution in [2.75, 3.05) is 0 Å². The molecule has 0 aliphatic carbocycles. The molecular weight excluding hydrogens is 362 g/mol. The molecule has 3 aromatic carbocycles. The van der Waals surface area contributed by atoms with Crippen molar-refractivity contribution in [2.24, 2.45) is 7.05 Å². The summed E-state index contributed by atoms with van der Waals surface area (Å²) in [6.07, 6.45) is 0. The Morgan fingerprint density at radius 2 is 1.59 bits per heavy atom. The van der Waals surface area contributed by atoms with Crippen LogP contribution in [0.5, 0.6) is 0 Å². The van der Waals surface area contributed by atoms with E-state index in [4.69, 9.17) is 0 Å². The van der Waals surface area contributed by atoms with Crippen molar-refractivity contribution in [3.63, 3.8) is 0 Å². The van der Waals surface area contributed by atoms with Crippen LogP contribution in [0.25, 0.3) is 22.3 Å². The fourth-order valence-corrected chi connectivity index (χ4v) is 3.35. The minimum Gasteiger partial charge on any atom is -0.346 e. The summed E-state index contributed by atoms with van der Waals surface area (Å²) in [5.74, 6) is -0.160. The van der Waals surface area contributed by atoms with Crippen molar-refractivity contribution in [2.45, 2.75) is 13.0 Å². The maximum absolute atomic E-state index is 12.7. The average Bonchev–Trinajstić information content (AvgIpc) is 2.77. The Hall–Kier alpha value is -3.73. The summed E-state index contributed by atoms with van der Waals surface area (Å²) < 4.78 is 1.60. The number of rotatable bonds is 4. The third kappa shape index (κ3) is 3.67. The first-order valence-corrected chi connectivity index (χ1v) is 9.46. The lowest BCUT2D eigenvalue weighted by atomic mass is 10.1. The van der Waals surface area contributed by atoms with Crippen LogP contribution in [0.15, 0.2) is 83.7 Å². The van der Waals surface area contributed by atoms with Gasteiger partial charge < -0.3 is 9.88 Å². The van der Waals surface area contributed by atoms with Crippen molar-refractivity contribution < 1.29 is 4.79 Å². The van der Waals surface area contributed by atoms with Gasteiger partial charge in [-0.15, -0.1) is 0 Å². The molecule has 0 bridgehead atoms. The number of nitrogens with zero attached hydrogens (tertiary/aromatic N) is 2. The number of hydrogen-bond donors (Lipinski definition) is 1. The van der Waals surface area contributed by atoms with Crippen LogP contribution in [0.2, 0.25) is 0 Å². The predicted octanol–water partition coefficient (Wildman–Crippen LogP) is 4.09. The van der Waals surface area contributed by atoms with Crippen LogP contribution >= 0.6 is 0 Å². The van der Waals surface area contributed by atoms with Gasteiger partial charge in [-0.3, -0.25) is 9.59 Å². The number of carbonyl (C=O) groups excluding carboxylic acids is 1. The van der Waals surface area contributed by atoms with E-state index in [0.717, 1.165) is 16.6 Å². The molecular formula is C24H21N3O2. The normalized spacial score (nSPS) is 11.9. The molecule has 1 amide bonds. The van der Waals surface area contributed by atoms with Crippen molar-refractivity contribution >= 4 is 16.9 Å². The Morgan fingerprint density at radius 3 is 2.31 bits per heavy atom. The Kier molecular flexibility index (Phi) is 4.96. The van der Waals surface area contributed by atoms with Crippen molar-refractivity contribution in [3.8, 4) is 11.3 Å². The maximum atomic E-state index is 12.7. The molecule has 4 rings (SSSR count). The van der Waals surface area contributed by atoms with Gasteiger partial charge in [-0.2, -0.15) is 0 Å². The first kappa shape index (κ1) is 18.6. The van der Waals surface area contributed by atoms with Crippen LogP contribution in [0.4, 0.5) is 0 Å². The van der Waals surface area contributed by atoms with Gasteiger partial charge in [-0.05, 0) is 36.8 Å². The highest BCUT2D eigenvalue weighted by atomic mass is 16.1. The van der Waals surface area contributed by atoms with Crippen molar-refractivity contribution in [3.05, 3.63) is 100 Å². The van der Waals surface area contributed by atoms with Gasteiger partial charge in [0.1, 0.15) is 5.69 Å². The number of amides is 1. The monoisotopic (exact) mass is 383 g/mol. The summed E-state index contributed by atoms with van der Waals surface area (Å²) in [6, 6.07) is 24.2. The van der Waals surface area contributed by atoms with Crippen LogP contribution in [0, 0.1) is 0 Å².